The Kier molecular flexibility index (Phi) is 7.20. The van der Waals surface area contributed by atoms with Gasteiger partial charge in [-0.05, 0) is 37.6 Å². The number of hydrogen-bond donors (Lipinski definition) is 2. The Balaban J connectivity index is 2.27. The Morgan fingerprint density at radius 2 is 1.82 bits per heavy atom. The number of methoxy groups -OCH3 is 2. The number of hydrogen-bond acceptors (Lipinski definition) is 6. The Hall–Kier alpha value is -3.29. The number of aromatic nitrogens is 1. The molecule has 0 radical (unpaired) electrons. The van der Waals surface area contributed by atoms with Crippen molar-refractivity contribution in [1.82, 2.24) is 10.3 Å². The van der Waals surface area contributed by atoms with Gasteiger partial charge in [-0.1, -0.05) is 12.1 Å². The van der Waals surface area contributed by atoms with Crippen molar-refractivity contribution in [3.63, 3.8) is 0 Å². The summed E-state index contributed by atoms with van der Waals surface area (Å²) < 4.78 is 16.0. The van der Waals surface area contributed by atoms with Crippen molar-refractivity contribution in [2.45, 2.75) is 32.4 Å². The number of carboxylic acids is 1. The first-order valence-corrected chi connectivity index (χ1v) is 8.72. The standard InChI is InChI=1S/C20H24N2O6/c1-12(2)28-18-7-5-6-14(21-18)20(25)22-15(11-19(23)24)13-8-9-16(26-3)17(10-13)27-4/h5-10,12,15H,11H2,1-4H3,(H,22,25)(H,23,24). The van der Waals surface area contributed by atoms with Gasteiger partial charge in [-0.25, -0.2) is 4.98 Å². The first-order valence-electron chi connectivity index (χ1n) is 8.72. The molecule has 1 aromatic carbocycles. The van der Waals surface area contributed by atoms with E-state index in [0.717, 1.165) is 0 Å². The third-order valence-electron chi connectivity index (χ3n) is 3.81. The molecule has 8 nitrogen and oxygen atoms in total. The lowest BCUT2D eigenvalue weighted by Gasteiger charge is -2.19. The molecule has 2 N–H and O–H groups in total. The second-order valence-corrected chi connectivity index (χ2v) is 6.27. The average molecular weight is 388 g/mol. The summed E-state index contributed by atoms with van der Waals surface area (Å²) in [4.78, 5) is 28.1. The zero-order valence-corrected chi connectivity index (χ0v) is 16.3. The fraction of sp³-hybridized carbons (Fsp3) is 0.350. The first kappa shape index (κ1) is 21.0. The number of carboxylic acid groups (broad SMARTS) is 1. The third kappa shape index (κ3) is 5.60. The molecule has 0 bridgehead atoms. The number of benzene rings is 1. The molecule has 8 heteroatoms. The van der Waals surface area contributed by atoms with Crippen molar-refractivity contribution < 1.29 is 28.9 Å². The molecule has 0 aliphatic rings. The van der Waals surface area contributed by atoms with Crippen LogP contribution in [0.15, 0.2) is 36.4 Å². The van der Waals surface area contributed by atoms with Crippen LogP contribution >= 0.6 is 0 Å². The Labute approximate surface area is 163 Å². The number of amides is 1. The van der Waals surface area contributed by atoms with Gasteiger partial charge in [-0.2, -0.15) is 0 Å². The topological polar surface area (TPSA) is 107 Å². The number of carbonyl (C=O) groups excluding carboxylic acids is 1. The highest BCUT2D eigenvalue weighted by Crippen LogP contribution is 2.31. The van der Waals surface area contributed by atoms with E-state index in [1.54, 1.807) is 30.3 Å². The second-order valence-electron chi connectivity index (χ2n) is 6.27. The molecular formula is C20H24N2O6. The molecule has 0 aliphatic heterocycles. The maximum Gasteiger partial charge on any atom is 0.305 e. The van der Waals surface area contributed by atoms with Crippen molar-refractivity contribution in [2.24, 2.45) is 0 Å². The smallest absolute Gasteiger partial charge is 0.305 e. The summed E-state index contributed by atoms with van der Waals surface area (Å²) in [5.74, 6) is -0.286. The normalized spacial score (nSPS) is 11.6. The summed E-state index contributed by atoms with van der Waals surface area (Å²) in [5.41, 5.74) is 0.706. The van der Waals surface area contributed by atoms with Crippen LogP contribution in [0.3, 0.4) is 0 Å². The number of ether oxygens (including phenoxy) is 3. The van der Waals surface area contributed by atoms with Crippen LogP contribution in [-0.4, -0.2) is 42.3 Å². The van der Waals surface area contributed by atoms with Gasteiger partial charge in [0.05, 0.1) is 32.8 Å². The predicted octanol–water partition coefficient (Wildman–Crippen LogP) is 2.83. The van der Waals surface area contributed by atoms with Crippen LogP contribution < -0.4 is 19.5 Å². The number of nitrogens with one attached hydrogen (secondary N) is 1. The molecule has 0 saturated heterocycles. The maximum absolute atomic E-state index is 12.6. The van der Waals surface area contributed by atoms with Crippen molar-refractivity contribution in [1.29, 1.82) is 0 Å². The van der Waals surface area contributed by atoms with Gasteiger partial charge in [-0.15, -0.1) is 0 Å². The number of pyridine rings is 1. The van der Waals surface area contributed by atoms with Crippen molar-refractivity contribution >= 4 is 11.9 Å². The van der Waals surface area contributed by atoms with Crippen LogP contribution in [0.2, 0.25) is 0 Å². The molecule has 1 unspecified atom stereocenters. The van der Waals surface area contributed by atoms with Crippen LogP contribution in [0.4, 0.5) is 0 Å². The molecule has 2 rings (SSSR count). The van der Waals surface area contributed by atoms with E-state index in [1.165, 1.54) is 20.3 Å². The van der Waals surface area contributed by atoms with E-state index in [-0.39, 0.29) is 18.2 Å². The van der Waals surface area contributed by atoms with E-state index in [0.29, 0.717) is 22.9 Å². The highest BCUT2D eigenvalue weighted by atomic mass is 16.5. The molecule has 28 heavy (non-hydrogen) atoms. The van der Waals surface area contributed by atoms with Crippen molar-refractivity contribution in [3.05, 3.63) is 47.7 Å². The highest BCUT2D eigenvalue weighted by Gasteiger charge is 2.21. The summed E-state index contributed by atoms with van der Waals surface area (Å²) in [6.07, 6.45) is -0.388. The maximum atomic E-state index is 12.6. The van der Waals surface area contributed by atoms with E-state index < -0.39 is 17.9 Å². The van der Waals surface area contributed by atoms with Gasteiger partial charge in [0.1, 0.15) is 5.69 Å². The Morgan fingerprint density at radius 3 is 2.43 bits per heavy atom. The summed E-state index contributed by atoms with van der Waals surface area (Å²) in [6.45, 7) is 3.71. The minimum Gasteiger partial charge on any atom is -0.493 e. The molecule has 0 saturated carbocycles. The Bertz CT molecular complexity index is 837. The quantitative estimate of drug-likeness (QED) is 0.680. The molecule has 2 aromatic rings. The molecule has 0 fully saturated rings. The molecule has 1 aromatic heterocycles. The summed E-state index contributed by atoms with van der Waals surface area (Å²) >= 11 is 0. The van der Waals surface area contributed by atoms with Gasteiger partial charge in [0, 0.05) is 6.07 Å². The number of rotatable bonds is 9. The summed E-state index contributed by atoms with van der Waals surface area (Å²) in [7, 11) is 2.99. The number of carbonyl (C=O) groups is 2. The van der Waals surface area contributed by atoms with Gasteiger partial charge in [0.25, 0.3) is 5.91 Å². The van der Waals surface area contributed by atoms with E-state index in [9.17, 15) is 14.7 Å². The van der Waals surface area contributed by atoms with Crippen molar-refractivity contribution in [3.8, 4) is 17.4 Å². The average Bonchev–Trinajstić information content (AvgIpc) is 2.66. The van der Waals surface area contributed by atoms with E-state index >= 15 is 0 Å². The van der Waals surface area contributed by atoms with Crippen LogP contribution in [0.25, 0.3) is 0 Å². The summed E-state index contributed by atoms with van der Waals surface area (Å²) in [6, 6.07) is 9.04. The van der Waals surface area contributed by atoms with Crippen molar-refractivity contribution in [2.75, 3.05) is 14.2 Å². The molecule has 0 spiro atoms. The highest BCUT2D eigenvalue weighted by molar-refractivity contribution is 5.93. The molecule has 1 atom stereocenters. The molecule has 1 amide bonds. The van der Waals surface area contributed by atoms with Crippen LogP contribution in [0.5, 0.6) is 17.4 Å². The SMILES string of the molecule is COc1ccc(C(CC(=O)O)NC(=O)c2cccc(OC(C)C)n2)cc1OC. The number of aliphatic carboxylic acids is 1. The Morgan fingerprint density at radius 1 is 1.11 bits per heavy atom. The van der Waals surface area contributed by atoms with Gasteiger partial charge in [0.2, 0.25) is 5.88 Å². The third-order valence-corrected chi connectivity index (χ3v) is 3.81. The van der Waals surface area contributed by atoms with E-state index in [1.807, 2.05) is 13.8 Å². The second kappa shape index (κ2) is 9.59. The van der Waals surface area contributed by atoms with Crippen LogP contribution in [0, 0.1) is 0 Å². The zero-order valence-electron chi connectivity index (χ0n) is 16.3. The lowest BCUT2D eigenvalue weighted by molar-refractivity contribution is -0.137. The monoisotopic (exact) mass is 388 g/mol. The predicted molar refractivity (Wildman–Crippen MR) is 102 cm³/mol. The van der Waals surface area contributed by atoms with Crippen LogP contribution in [0.1, 0.15) is 42.4 Å². The van der Waals surface area contributed by atoms with E-state index in [2.05, 4.69) is 10.3 Å². The zero-order chi connectivity index (χ0) is 20.7. The number of nitrogens with zero attached hydrogens (tertiary/aromatic N) is 1. The van der Waals surface area contributed by atoms with Gasteiger partial charge < -0.3 is 24.6 Å². The molecule has 150 valence electrons. The lowest BCUT2D eigenvalue weighted by Crippen LogP contribution is -2.31. The van der Waals surface area contributed by atoms with Gasteiger partial charge in [0.15, 0.2) is 11.5 Å². The van der Waals surface area contributed by atoms with Gasteiger partial charge in [-0.3, -0.25) is 9.59 Å². The van der Waals surface area contributed by atoms with Crippen LogP contribution in [-0.2, 0) is 4.79 Å². The fourth-order valence-corrected chi connectivity index (χ4v) is 2.58. The minimum absolute atomic E-state index is 0.0858. The first-order chi connectivity index (χ1) is 13.3. The molecule has 0 aliphatic carbocycles. The minimum atomic E-state index is -1.05. The van der Waals surface area contributed by atoms with E-state index in [4.69, 9.17) is 14.2 Å². The molecular weight excluding hydrogens is 364 g/mol. The summed E-state index contributed by atoms with van der Waals surface area (Å²) in [5, 5.41) is 12.0. The van der Waals surface area contributed by atoms with Gasteiger partial charge >= 0.3 is 5.97 Å². The fourth-order valence-electron chi connectivity index (χ4n) is 2.58. The molecule has 1 heterocycles. The lowest BCUT2D eigenvalue weighted by atomic mass is 10.0. The largest absolute Gasteiger partial charge is 0.493 e.